The molecular weight excluding hydrogens is 388 g/mol. The minimum absolute atomic E-state index is 0.169. The molecule has 0 aromatic heterocycles. The quantitative estimate of drug-likeness (QED) is 0.406. The van der Waals surface area contributed by atoms with Gasteiger partial charge in [-0.25, -0.2) is 0 Å². The minimum Gasteiger partial charge on any atom is -0.462 e. The summed E-state index contributed by atoms with van der Waals surface area (Å²) in [6, 6.07) is 0. The van der Waals surface area contributed by atoms with E-state index in [1.54, 1.807) is 0 Å². The maximum absolute atomic E-state index is 11.7. The molecular formula is C21H38O5Si2. The van der Waals surface area contributed by atoms with Crippen molar-refractivity contribution in [3.63, 3.8) is 0 Å². The summed E-state index contributed by atoms with van der Waals surface area (Å²) in [5.74, 6) is -0.589. The second-order valence-corrected chi connectivity index (χ2v) is 18.9. The van der Waals surface area contributed by atoms with E-state index in [-0.39, 0.29) is 29.7 Å². The fourth-order valence-electron chi connectivity index (χ4n) is 3.03. The van der Waals surface area contributed by atoms with Crippen molar-refractivity contribution in [2.75, 3.05) is 13.2 Å². The second-order valence-electron chi connectivity index (χ2n) is 9.74. The zero-order valence-corrected chi connectivity index (χ0v) is 21.1. The first-order chi connectivity index (χ1) is 12.6. The molecule has 0 bridgehead atoms. The predicted octanol–water partition coefficient (Wildman–Crippen LogP) is 4.94. The van der Waals surface area contributed by atoms with Crippen LogP contribution in [0.2, 0.25) is 31.2 Å². The molecule has 0 aromatic carbocycles. The molecule has 0 saturated heterocycles. The van der Waals surface area contributed by atoms with Crippen LogP contribution < -0.4 is 0 Å². The molecule has 1 aliphatic rings. The molecule has 7 heteroatoms. The fourth-order valence-corrected chi connectivity index (χ4v) is 6.66. The van der Waals surface area contributed by atoms with E-state index < -0.39 is 16.4 Å². The van der Waals surface area contributed by atoms with Crippen molar-refractivity contribution < 1.29 is 23.5 Å². The molecule has 0 N–H and O–H groups in total. The molecule has 1 atom stereocenters. The number of carbonyl (C=O) groups is 2. The van der Waals surface area contributed by atoms with E-state index in [0.29, 0.717) is 19.4 Å². The standard InChI is InChI=1S/C21H38O5Si2/c1-16(22)24-14-18(15-27(6,7)21(3,4)5)12-19(26-17(2)23)13-20-10-11-25-28(20,8)9/h10,15,19H,11-14H2,1-9H3/b18-15-. The molecule has 0 aromatic rings. The Bertz CT molecular complexity index is 642. The molecule has 5 nitrogen and oxygen atoms in total. The Kier molecular flexibility index (Phi) is 8.47. The molecule has 1 heterocycles. The first kappa shape index (κ1) is 24.9. The van der Waals surface area contributed by atoms with Gasteiger partial charge in [0.1, 0.15) is 12.7 Å². The van der Waals surface area contributed by atoms with Gasteiger partial charge >= 0.3 is 11.9 Å². The number of hydrogen-bond acceptors (Lipinski definition) is 5. The Morgan fingerprint density at radius 3 is 2.29 bits per heavy atom. The van der Waals surface area contributed by atoms with Crippen LogP contribution in [0.5, 0.6) is 0 Å². The number of esters is 2. The summed E-state index contributed by atoms with van der Waals surface area (Å²) in [4.78, 5) is 23.1. The third-order valence-electron chi connectivity index (χ3n) is 5.78. The normalized spacial score (nSPS) is 18.5. The average Bonchev–Trinajstić information content (AvgIpc) is 2.81. The lowest BCUT2D eigenvalue weighted by atomic mass is 10.1. The van der Waals surface area contributed by atoms with E-state index in [9.17, 15) is 9.59 Å². The summed E-state index contributed by atoms with van der Waals surface area (Å²) < 4.78 is 16.9. The second kappa shape index (κ2) is 9.54. The molecule has 0 radical (unpaired) electrons. The van der Waals surface area contributed by atoms with Crippen molar-refractivity contribution in [3.8, 4) is 0 Å². The summed E-state index contributed by atoms with van der Waals surface area (Å²) >= 11 is 0. The Balaban J connectivity index is 3.11. The SMILES string of the molecule is CC(=O)OC/C(=C\[Si](C)(C)C(C)(C)C)CC(CC1=CCO[Si]1(C)C)OC(C)=O. The highest BCUT2D eigenvalue weighted by Crippen LogP contribution is 2.38. The van der Waals surface area contributed by atoms with Crippen LogP contribution in [0.3, 0.4) is 0 Å². The van der Waals surface area contributed by atoms with Crippen LogP contribution in [0.1, 0.15) is 47.5 Å². The number of hydrogen-bond donors (Lipinski definition) is 0. The Morgan fingerprint density at radius 2 is 1.86 bits per heavy atom. The van der Waals surface area contributed by atoms with Crippen molar-refractivity contribution in [3.05, 3.63) is 22.5 Å². The molecule has 0 aliphatic carbocycles. The van der Waals surface area contributed by atoms with Gasteiger partial charge in [0, 0.05) is 26.7 Å². The summed E-state index contributed by atoms with van der Waals surface area (Å²) in [6.45, 7) is 19.4. The topological polar surface area (TPSA) is 61.8 Å². The van der Waals surface area contributed by atoms with Gasteiger partial charge in [-0.05, 0) is 23.7 Å². The summed E-state index contributed by atoms with van der Waals surface area (Å²) in [7, 11) is -3.62. The van der Waals surface area contributed by atoms with E-state index in [1.807, 2.05) is 0 Å². The number of carbonyl (C=O) groups excluding carboxylic acids is 2. The van der Waals surface area contributed by atoms with Crippen LogP contribution in [0.25, 0.3) is 0 Å². The highest BCUT2D eigenvalue weighted by atomic mass is 28.4. The largest absolute Gasteiger partial charge is 0.462 e. The molecule has 28 heavy (non-hydrogen) atoms. The predicted molar refractivity (Wildman–Crippen MR) is 118 cm³/mol. The maximum Gasteiger partial charge on any atom is 0.302 e. The highest BCUT2D eigenvalue weighted by Gasteiger charge is 2.36. The Hall–Kier alpha value is -1.19. The van der Waals surface area contributed by atoms with Crippen LogP contribution in [-0.2, 0) is 23.5 Å². The molecule has 0 fully saturated rings. The lowest BCUT2D eigenvalue weighted by molar-refractivity contribution is -0.146. The van der Waals surface area contributed by atoms with Gasteiger partial charge in [-0.2, -0.15) is 0 Å². The van der Waals surface area contributed by atoms with Crippen LogP contribution in [0.4, 0.5) is 0 Å². The van der Waals surface area contributed by atoms with Crippen molar-refractivity contribution in [1.82, 2.24) is 0 Å². The van der Waals surface area contributed by atoms with Crippen LogP contribution in [-0.4, -0.2) is 47.6 Å². The summed E-state index contributed by atoms with van der Waals surface area (Å²) in [6.07, 6.45) is 3.10. The van der Waals surface area contributed by atoms with E-state index in [1.165, 1.54) is 19.0 Å². The molecule has 0 saturated carbocycles. The average molecular weight is 427 g/mol. The van der Waals surface area contributed by atoms with Gasteiger partial charge in [0.2, 0.25) is 8.32 Å². The smallest absolute Gasteiger partial charge is 0.302 e. The summed E-state index contributed by atoms with van der Waals surface area (Å²) in [5.41, 5.74) is 3.35. The number of rotatable bonds is 8. The lowest BCUT2D eigenvalue weighted by Crippen LogP contribution is -2.36. The Labute approximate surface area is 172 Å². The maximum atomic E-state index is 11.7. The first-order valence-corrected chi connectivity index (χ1v) is 16.0. The van der Waals surface area contributed by atoms with Crippen LogP contribution in [0.15, 0.2) is 22.5 Å². The monoisotopic (exact) mass is 426 g/mol. The van der Waals surface area contributed by atoms with E-state index >= 15 is 0 Å². The third kappa shape index (κ3) is 7.68. The van der Waals surface area contributed by atoms with Crippen molar-refractivity contribution >= 4 is 28.3 Å². The zero-order chi connectivity index (χ0) is 21.8. The van der Waals surface area contributed by atoms with Gasteiger partial charge in [-0.3, -0.25) is 9.59 Å². The van der Waals surface area contributed by atoms with Crippen molar-refractivity contribution in [1.29, 1.82) is 0 Å². The van der Waals surface area contributed by atoms with Crippen molar-refractivity contribution in [2.24, 2.45) is 0 Å². The highest BCUT2D eigenvalue weighted by molar-refractivity contribution is 6.84. The fraction of sp³-hybridized carbons (Fsp3) is 0.714. The van der Waals surface area contributed by atoms with Gasteiger partial charge in [0.15, 0.2) is 0 Å². The molecule has 1 unspecified atom stereocenters. The van der Waals surface area contributed by atoms with Gasteiger partial charge in [0.05, 0.1) is 14.7 Å². The number of ether oxygens (including phenoxy) is 2. The van der Waals surface area contributed by atoms with E-state index in [4.69, 9.17) is 13.9 Å². The van der Waals surface area contributed by atoms with Crippen molar-refractivity contribution in [2.45, 2.75) is 84.8 Å². The molecule has 1 rings (SSSR count). The van der Waals surface area contributed by atoms with Gasteiger partial charge in [0.25, 0.3) is 0 Å². The minimum atomic E-state index is -1.87. The van der Waals surface area contributed by atoms with E-state index in [0.717, 1.165) is 5.57 Å². The Morgan fingerprint density at radius 1 is 1.25 bits per heavy atom. The summed E-state index contributed by atoms with van der Waals surface area (Å²) in [5, 5.41) is 1.44. The zero-order valence-electron chi connectivity index (χ0n) is 19.1. The van der Waals surface area contributed by atoms with E-state index in [2.05, 4.69) is 58.7 Å². The molecule has 160 valence electrons. The van der Waals surface area contributed by atoms with Gasteiger partial charge < -0.3 is 13.9 Å². The third-order valence-corrected chi connectivity index (χ3v) is 13.6. The molecule has 0 spiro atoms. The first-order valence-electron chi connectivity index (χ1n) is 9.99. The molecule has 0 amide bonds. The van der Waals surface area contributed by atoms with Crippen LogP contribution >= 0.6 is 0 Å². The van der Waals surface area contributed by atoms with Crippen LogP contribution in [0, 0.1) is 0 Å². The van der Waals surface area contributed by atoms with Gasteiger partial charge in [-0.1, -0.05) is 50.8 Å². The lowest BCUT2D eigenvalue weighted by Gasteiger charge is -2.35. The van der Waals surface area contributed by atoms with Gasteiger partial charge in [-0.15, -0.1) is 0 Å². The molecule has 1 aliphatic heterocycles.